The molecule has 2 aliphatic rings. The molecule has 0 radical (unpaired) electrons. The molecule has 0 amide bonds. The molecule has 0 aromatic rings. The predicted molar refractivity (Wildman–Crippen MR) is 36.9 cm³/mol. The van der Waals surface area contributed by atoms with Crippen LogP contribution in [0.3, 0.4) is 0 Å². The van der Waals surface area contributed by atoms with E-state index in [4.69, 9.17) is 6.42 Å². The summed E-state index contributed by atoms with van der Waals surface area (Å²) < 4.78 is 0. The van der Waals surface area contributed by atoms with E-state index in [1.54, 1.807) is 0 Å². The first-order chi connectivity index (χ1) is 4.35. The fourth-order valence-electron chi connectivity index (χ4n) is 1.59. The Morgan fingerprint density at radius 1 is 1.56 bits per heavy atom. The van der Waals surface area contributed by atoms with E-state index < -0.39 is 0 Å². The van der Waals surface area contributed by atoms with E-state index >= 15 is 0 Å². The van der Waals surface area contributed by atoms with Gasteiger partial charge in [0.1, 0.15) is 0 Å². The molecular weight excluding hydrogens is 110 g/mol. The van der Waals surface area contributed by atoms with E-state index in [2.05, 4.69) is 11.2 Å². The van der Waals surface area contributed by atoms with E-state index in [0.717, 1.165) is 0 Å². The Morgan fingerprint density at radius 3 is 2.67 bits per heavy atom. The molecule has 1 unspecified atom stereocenters. The summed E-state index contributed by atoms with van der Waals surface area (Å²) in [6, 6.07) is 0.382. The average Bonchev–Trinajstić information content (AvgIpc) is 2.44. The second-order valence-corrected chi connectivity index (χ2v) is 3.30. The van der Waals surface area contributed by atoms with Crippen LogP contribution in [0.25, 0.3) is 0 Å². The molecule has 1 saturated heterocycles. The van der Waals surface area contributed by atoms with Gasteiger partial charge in [-0.2, -0.15) is 0 Å². The van der Waals surface area contributed by atoms with Crippen molar-refractivity contribution in [3.63, 3.8) is 0 Å². The quantitative estimate of drug-likeness (QED) is 0.467. The summed E-state index contributed by atoms with van der Waals surface area (Å²) in [4.78, 5) is 0. The summed E-state index contributed by atoms with van der Waals surface area (Å²) in [5.74, 6) is 2.75. The standard InChI is InChI=1S/C8H11N/c1-2-7-5-8(3-4-8)6-9-7/h1,7,9H,3-6H2. The first-order valence-electron chi connectivity index (χ1n) is 3.54. The number of hydrogen-bond donors (Lipinski definition) is 1. The predicted octanol–water partition coefficient (Wildman–Crippen LogP) is 0.762. The smallest absolute Gasteiger partial charge is 0.0692 e. The van der Waals surface area contributed by atoms with Crippen molar-refractivity contribution in [1.29, 1.82) is 0 Å². The molecule has 2 rings (SSSR count). The third kappa shape index (κ3) is 0.746. The molecule has 9 heavy (non-hydrogen) atoms. The molecule has 1 aliphatic carbocycles. The van der Waals surface area contributed by atoms with Gasteiger partial charge < -0.3 is 5.32 Å². The number of terminal acetylenes is 1. The maximum Gasteiger partial charge on any atom is 0.0692 e. The first-order valence-corrected chi connectivity index (χ1v) is 3.54. The molecule has 1 heterocycles. The second-order valence-electron chi connectivity index (χ2n) is 3.30. The molecule has 1 N–H and O–H groups in total. The highest BCUT2D eigenvalue weighted by molar-refractivity contribution is 5.12. The number of nitrogens with one attached hydrogen (secondary N) is 1. The lowest BCUT2D eigenvalue weighted by Crippen LogP contribution is -2.18. The number of rotatable bonds is 0. The van der Waals surface area contributed by atoms with Crippen LogP contribution < -0.4 is 5.32 Å². The van der Waals surface area contributed by atoms with Crippen LogP contribution in [0.4, 0.5) is 0 Å². The van der Waals surface area contributed by atoms with Gasteiger partial charge in [0.05, 0.1) is 6.04 Å². The van der Waals surface area contributed by atoms with Crippen molar-refractivity contribution in [2.24, 2.45) is 5.41 Å². The zero-order chi connectivity index (χ0) is 6.32. The first kappa shape index (κ1) is 5.32. The lowest BCUT2D eigenvalue weighted by molar-refractivity contribution is 0.567. The lowest BCUT2D eigenvalue weighted by atomic mass is 10.0. The van der Waals surface area contributed by atoms with Crippen molar-refractivity contribution < 1.29 is 0 Å². The Balaban J connectivity index is 2.02. The van der Waals surface area contributed by atoms with Crippen LogP contribution in [0.5, 0.6) is 0 Å². The highest BCUT2D eigenvalue weighted by Crippen LogP contribution is 2.51. The van der Waals surface area contributed by atoms with E-state index in [0.29, 0.717) is 11.5 Å². The highest BCUT2D eigenvalue weighted by Gasteiger charge is 2.47. The Morgan fingerprint density at radius 2 is 2.33 bits per heavy atom. The van der Waals surface area contributed by atoms with Crippen molar-refractivity contribution in [2.75, 3.05) is 6.54 Å². The van der Waals surface area contributed by atoms with Crippen molar-refractivity contribution in [3.05, 3.63) is 0 Å². The molecule has 48 valence electrons. The van der Waals surface area contributed by atoms with Crippen LogP contribution in [0.2, 0.25) is 0 Å². The van der Waals surface area contributed by atoms with Gasteiger partial charge >= 0.3 is 0 Å². The maximum absolute atomic E-state index is 5.27. The minimum atomic E-state index is 0.382. The molecule has 2 fully saturated rings. The van der Waals surface area contributed by atoms with E-state index in [1.807, 2.05) is 0 Å². The normalized spacial score (nSPS) is 36.6. The van der Waals surface area contributed by atoms with Gasteiger partial charge in [-0.1, -0.05) is 5.92 Å². The van der Waals surface area contributed by atoms with Gasteiger partial charge in [0.2, 0.25) is 0 Å². The minimum Gasteiger partial charge on any atom is -0.303 e. The molecule has 1 saturated carbocycles. The highest BCUT2D eigenvalue weighted by atomic mass is 15.0. The Labute approximate surface area is 55.8 Å². The van der Waals surface area contributed by atoms with E-state index in [9.17, 15) is 0 Å². The molecule has 0 aromatic heterocycles. The largest absolute Gasteiger partial charge is 0.303 e. The van der Waals surface area contributed by atoms with Crippen molar-refractivity contribution in [3.8, 4) is 12.3 Å². The van der Waals surface area contributed by atoms with Crippen LogP contribution in [0.1, 0.15) is 19.3 Å². The van der Waals surface area contributed by atoms with Gasteiger partial charge in [-0.25, -0.2) is 0 Å². The van der Waals surface area contributed by atoms with Gasteiger partial charge in [-0.15, -0.1) is 6.42 Å². The zero-order valence-corrected chi connectivity index (χ0v) is 5.48. The molecule has 1 aliphatic heterocycles. The summed E-state index contributed by atoms with van der Waals surface area (Å²) in [6.07, 6.45) is 9.30. The second kappa shape index (κ2) is 1.52. The third-order valence-corrected chi connectivity index (χ3v) is 2.52. The fraction of sp³-hybridized carbons (Fsp3) is 0.750. The Kier molecular flexibility index (Phi) is 0.896. The topological polar surface area (TPSA) is 12.0 Å². The molecule has 1 heteroatoms. The van der Waals surface area contributed by atoms with E-state index in [1.165, 1.54) is 25.8 Å². The average molecular weight is 121 g/mol. The Hall–Kier alpha value is -0.480. The Bertz CT molecular complexity index is 162. The lowest BCUT2D eigenvalue weighted by Gasteiger charge is -1.98. The van der Waals surface area contributed by atoms with Gasteiger partial charge in [-0.05, 0) is 24.7 Å². The number of hydrogen-bond acceptors (Lipinski definition) is 1. The van der Waals surface area contributed by atoms with Gasteiger partial charge in [-0.3, -0.25) is 0 Å². The third-order valence-electron chi connectivity index (χ3n) is 2.52. The molecule has 0 aromatic carbocycles. The molecular formula is C8H11N. The van der Waals surface area contributed by atoms with Gasteiger partial charge in [0.25, 0.3) is 0 Å². The van der Waals surface area contributed by atoms with Crippen LogP contribution in [0.15, 0.2) is 0 Å². The summed E-state index contributed by atoms with van der Waals surface area (Å²) in [6.45, 7) is 1.17. The summed E-state index contributed by atoms with van der Waals surface area (Å²) in [5, 5.41) is 3.32. The molecule has 1 atom stereocenters. The maximum atomic E-state index is 5.27. The van der Waals surface area contributed by atoms with Crippen molar-refractivity contribution in [1.82, 2.24) is 5.32 Å². The van der Waals surface area contributed by atoms with Crippen molar-refractivity contribution >= 4 is 0 Å². The van der Waals surface area contributed by atoms with Crippen LogP contribution in [-0.2, 0) is 0 Å². The molecule has 0 bridgehead atoms. The monoisotopic (exact) mass is 121 g/mol. The summed E-state index contributed by atoms with van der Waals surface area (Å²) in [7, 11) is 0. The minimum absolute atomic E-state index is 0.382. The van der Waals surface area contributed by atoms with Crippen LogP contribution in [-0.4, -0.2) is 12.6 Å². The zero-order valence-electron chi connectivity index (χ0n) is 5.48. The van der Waals surface area contributed by atoms with Gasteiger partial charge in [0.15, 0.2) is 0 Å². The summed E-state index contributed by atoms with van der Waals surface area (Å²) >= 11 is 0. The summed E-state index contributed by atoms with van der Waals surface area (Å²) in [5.41, 5.74) is 0.664. The van der Waals surface area contributed by atoms with Crippen molar-refractivity contribution in [2.45, 2.75) is 25.3 Å². The van der Waals surface area contributed by atoms with E-state index in [-0.39, 0.29) is 0 Å². The fourth-order valence-corrected chi connectivity index (χ4v) is 1.59. The molecule has 1 spiro atoms. The SMILES string of the molecule is C#CC1CC2(CC2)CN1. The van der Waals surface area contributed by atoms with Crippen LogP contribution in [0, 0.1) is 17.8 Å². The van der Waals surface area contributed by atoms with Crippen LogP contribution >= 0.6 is 0 Å². The molecule has 1 nitrogen and oxygen atoms in total. The van der Waals surface area contributed by atoms with Gasteiger partial charge in [0, 0.05) is 6.54 Å².